The summed E-state index contributed by atoms with van der Waals surface area (Å²) in [5.41, 5.74) is 0.672. The third-order valence-electron chi connectivity index (χ3n) is 3.09. The van der Waals surface area contributed by atoms with Crippen molar-refractivity contribution in [2.45, 2.75) is 33.1 Å². The Morgan fingerprint density at radius 1 is 1.40 bits per heavy atom. The van der Waals surface area contributed by atoms with Crippen molar-refractivity contribution >= 4 is 17.5 Å². The van der Waals surface area contributed by atoms with Crippen molar-refractivity contribution in [3.05, 3.63) is 11.3 Å². The maximum Gasteiger partial charge on any atom is 0.309 e. The van der Waals surface area contributed by atoms with E-state index < -0.39 is 11.9 Å². The highest BCUT2D eigenvalue weighted by Gasteiger charge is 2.34. The van der Waals surface area contributed by atoms with E-state index in [-0.39, 0.29) is 49.7 Å². The minimum atomic E-state index is -0.623. The molecule has 20 heavy (non-hydrogen) atoms. The van der Waals surface area contributed by atoms with E-state index in [9.17, 15) is 14.7 Å². The van der Waals surface area contributed by atoms with E-state index in [4.69, 9.17) is 9.84 Å². The van der Waals surface area contributed by atoms with Crippen LogP contribution in [0.15, 0.2) is 16.3 Å². The van der Waals surface area contributed by atoms with Crippen LogP contribution in [0.5, 0.6) is 0 Å². The zero-order chi connectivity index (χ0) is 15.1. The number of Topliss-reactive ketones (excluding diaryl/α,β-unsaturated/α-hetero) is 1. The standard InChI is InChI=1S/C14H21NO5/c1-3-10(15-5-6-16)13-11(17)7-9(8-12(13)18)14(19)20-4-2/h9,16-17H,3-8H2,1-2H3. The molecule has 112 valence electrons. The molecule has 1 atom stereocenters. The number of rotatable bonds is 6. The molecule has 0 aromatic heterocycles. The van der Waals surface area contributed by atoms with E-state index in [2.05, 4.69) is 4.99 Å². The Kier molecular flexibility index (Phi) is 6.38. The van der Waals surface area contributed by atoms with Crippen molar-refractivity contribution in [3.63, 3.8) is 0 Å². The number of hydrogen-bond acceptors (Lipinski definition) is 6. The number of aliphatic hydroxyl groups excluding tert-OH is 2. The second-order valence-electron chi connectivity index (χ2n) is 4.51. The summed E-state index contributed by atoms with van der Waals surface area (Å²) in [6, 6.07) is 0. The molecular weight excluding hydrogens is 262 g/mol. The molecular formula is C14H21NO5. The van der Waals surface area contributed by atoms with Crippen molar-refractivity contribution < 1.29 is 24.5 Å². The van der Waals surface area contributed by atoms with Gasteiger partial charge in [0.1, 0.15) is 5.76 Å². The van der Waals surface area contributed by atoms with Crippen LogP contribution >= 0.6 is 0 Å². The van der Waals surface area contributed by atoms with Crippen LogP contribution < -0.4 is 0 Å². The van der Waals surface area contributed by atoms with Gasteiger partial charge < -0.3 is 14.9 Å². The average Bonchev–Trinajstić information content (AvgIpc) is 2.41. The molecule has 0 aliphatic heterocycles. The van der Waals surface area contributed by atoms with Crippen LogP contribution in [0.25, 0.3) is 0 Å². The van der Waals surface area contributed by atoms with Crippen LogP contribution in [0.3, 0.4) is 0 Å². The molecule has 6 heteroatoms. The first-order valence-corrected chi connectivity index (χ1v) is 6.81. The molecule has 0 saturated carbocycles. The third kappa shape index (κ3) is 3.90. The maximum atomic E-state index is 12.1. The predicted molar refractivity (Wildman–Crippen MR) is 73.7 cm³/mol. The number of ketones is 1. The number of esters is 1. The minimum absolute atomic E-state index is 0.0242. The summed E-state index contributed by atoms with van der Waals surface area (Å²) in [5.74, 6) is -1.50. The van der Waals surface area contributed by atoms with Crippen LogP contribution in [0.4, 0.5) is 0 Å². The molecule has 1 unspecified atom stereocenters. The Hall–Kier alpha value is -1.69. The molecule has 0 heterocycles. The molecule has 0 spiro atoms. The van der Waals surface area contributed by atoms with Crippen LogP contribution in [0.2, 0.25) is 0 Å². The van der Waals surface area contributed by atoms with Gasteiger partial charge in [0, 0.05) is 18.6 Å². The van der Waals surface area contributed by atoms with E-state index in [0.717, 1.165) is 0 Å². The Balaban J connectivity index is 2.95. The number of hydrogen-bond donors (Lipinski definition) is 2. The fourth-order valence-electron chi connectivity index (χ4n) is 2.20. The monoisotopic (exact) mass is 283 g/mol. The number of allylic oxidation sites excluding steroid dienone is 2. The first-order chi connectivity index (χ1) is 9.54. The van der Waals surface area contributed by atoms with Crippen LogP contribution in [0, 0.1) is 5.92 Å². The number of carbonyl (C=O) groups is 2. The molecule has 0 aromatic carbocycles. The zero-order valence-corrected chi connectivity index (χ0v) is 11.9. The van der Waals surface area contributed by atoms with E-state index in [1.807, 2.05) is 6.92 Å². The lowest BCUT2D eigenvalue weighted by molar-refractivity contribution is -0.149. The van der Waals surface area contributed by atoms with Gasteiger partial charge in [-0.15, -0.1) is 0 Å². The third-order valence-corrected chi connectivity index (χ3v) is 3.09. The molecule has 0 fully saturated rings. The summed E-state index contributed by atoms with van der Waals surface area (Å²) in [5, 5.41) is 18.8. The molecule has 0 saturated heterocycles. The van der Waals surface area contributed by atoms with Gasteiger partial charge in [-0.2, -0.15) is 0 Å². The average molecular weight is 283 g/mol. The molecule has 0 amide bonds. The normalized spacial score (nSPS) is 20.2. The second-order valence-corrected chi connectivity index (χ2v) is 4.51. The smallest absolute Gasteiger partial charge is 0.309 e. The van der Waals surface area contributed by atoms with Gasteiger partial charge in [0.2, 0.25) is 0 Å². The lowest BCUT2D eigenvalue weighted by atomic mass is 9.84. The molecule has 0 bridgehead atoms. The quantitative estimate of drug-likeness (QED) is 0.563. The van der Waals surface area contributed by atoms with E-state index in [1.165, 1.54) is 0 Å². The van der Waals surface area contributed by atoms with Gasteiger partial charge >= 0.3 is 5.97 Å². The fraction of sp³-hybridized carbons (Fsp3) is 0.643. The topological polar surface area (TPSA) is 96.2 Å². The Morgan fingerprint density at radius 2 is 2.10 bits per heavy atom. The first-order valence-electron chi connectivity index (χ1n) is 6.81. The molecule has 1 aliphatic rings. The predicted octanol–water partition coefficient (Wildman–Crippen LogP) is 1.18. The summed E-state index contributed by atoms with van der Waals surface area (Å²) in [4.78, 5) is 27.9. The van der Waals surface area contributed by atoms with E-state index >= 15 is 0 Å². The molecule has 6 nitrogen and oxygen atoms in total. The van der Waals surface area contributed by atoms with Crippen molar-refractivity contribution in [1.82, 2.24) is 0 Å². The number of carbonyl (C=O) groups excluding carboxylic acids is 2. The molecule has 1 aliphatic carbocycles. The SMILES string of the molecule is CCOC(=O)C1CC(=O)C(C(CC)=NCCO)=C(O)C1. The van der Waals surface area contributed by atoms with Crippen LogP contribution in [0.1, 0.15) is 33.1 Å². The van der Waals surface area contributed by atoms with Crippen molar-refractivity contribution in [2.24, 2.45) is 10.9 Å². The lowest BCUT2D eigenvalue weighted by Crippen LogP contribution is -2.30. The Labute approximate surface area is 118 Å². The van der Waals surface area contributed by atoms with Gasteiger partial charge in [0.15, 0.2) is 5.78 Å². The number of aliphatic hydroxyl groups is 2. The van der Waals surface area contributed by atoms with Gasteiger partial charge in [-0.1, -0.05) is 6.92 Å². The van der Waals surface area contributed by atoms with Crippen molar-refractivity contribution in [2.75, 3.05) is 19.8 Å². The summed E-state index contributed by atoms with van der Waals surface area (Å²) in [6.07, 6.45) is 0.601. The summed E-state index contributed by atoms with van der Waals surface area (Å²) in [7, 11) is 0. The van der Waals surface area contributed by atoms with E-state index in [0.29, 0.717) is 12.1 Å². The Morgan fingerprint density at radius 3 is 2.60 bits per heavy atom. The van der Waals surface area contributed by atoms with Crippen LogP contribution in [-0.2, 0) is 14.3 Å². The molecule has 1 rings (SSSR count). The highest BCUT2D eigenvalue weighted by atomic mass is 16.5. The van der Waals surface area contributed by atoms with Gasteiger partial charge in [-0.25, -0.2) is 0 Å². The maximum absolute atomic E-state index is 12.1. The fourth-order valence-corrected chi connectivity index (χ4v) is 2.20. The second kappa shape index (κ2) is 7.79. The van der Waals surface area contributed by atoms with Gasteiger partial charge in [-0.05, 0) is 13.3 Å². The van der Waals surface area contributed by atoms with Gasteiger partial charge in [-0.3, -0.25) is 14.6 Å². The molecule has 0 aromatic rings. The van der Waals surface area contributed by atoms with Crippen molar-refractivity contribution in [1.29, 1.82) is 0 Å². The summed E-state index contributed by atoms with van der Waals surface area (Å²) < 4.78 is 4.88. The van der Waals surface area contributed by atoms with Crippen molar-refractivity contribution in [3.8, 4) is 0 Å². The van der Waals surface area contributed by atoms with E-state index in [1.54, 1.807) is 6.92 Å². The zero-order valence-electron chi connectivity index (χ0n) is 11.9. The number of nitrogens with zero attached hydrogens (tertiary/aromatic N) is 1. The molecule has 2 N–H and O–H groups in total. The number of aliphatic imine (C=N–C) groups is 1. The number of ether oxygens (including phenoxy) is 1. The highest BCUT2D eigenvalue weighted by molar-refractivity contribution is 6.23. The largest absolute Gasteiger partial charge is 0.511 e. The minimum Gasteiger partial charge on any atom is -0.511 e. The summed E-state index contributed by atoms with van der Waals surface area (Å²) >= 11 is 0. The van der Waals surface area contributed by atoms with Gasteiger partial charge in [0.05, 0.1) is 31.2 Å². The lowest BCUT2D eigenvalue weighted by Gasteiger charge is -2.22. The van der Waals surface area contributed by atoms with Gasteiger partial charge in [0.25, 0.3) is 0 Å². The van der Waals surface area contributed by atoms with Crippen LogP contribution in [-0.4, -0.2) is 47.4 Å². The first kappa shape index (κ1) is 16.4. The molecule has 0 radical (unpaired) electrons. The highest BCUT2D eigenvalue weighted by Crippen LogP contribution is 2.28. The Bertz CT molecular complexity index is 439. The summed E-state index contributed by atoms with van der Waals surface area (Å²) in [6.45, 7) is 3.84.